The van der Waals surface area contributed by atoms with E-state index in [0.29, 0.717) is 38.8 Å². The molecule has 0 fully saturated rings. The summed E-state index contributed by atoms with van der Waals surface area (Å²) < 4.78 is 39.3. The highest BCUT2D eigenvalue weighted by Gasteiger charge is 2.17. The lowest BCUT2D eigenvalue weighted by Gasteiger charge is -2.10. The first-order chi connectivity index (χ1) is 17.6. The number of carbonyl (C=O) groups is 1. The van der Waals surface area contributed by atoms with Crippen LogP contribution in [0.15, 0.2) is 66.0 Å². The molecule has 0 aliphatic carbocycles. The van der Waals surface area contributed by atoms with Crippen molar-refractivity contribution in [3.05, 3.63) is 99.8 Å². The average molecular weight is 538 g/mol. The van der Waals surface area contributed by atoms with Crippen LogP contribution in [0, 0.1) is 12.7 Å². The Kier molecular flexibility index (Phi) is 6.40. The number of amides is 1. The smallest absolute Gasteiger partial charge is 0.251 e. The fraction of sp³-hybridized carbons (Fsp3) is 0.115. The summed E-state index contributed by atoms with van der Waals surface area (Å²) in [6.45, 7) is 1.82. The minimum atomic E-state index is -4.02. The fourth-order valence-electron chi connectivity index (χ4n) is 4.23. The maximum absolute atomic E-state index is 14.9. The number of hydrogen-bond donors (Lipinski definition) is 3. The predicted molar refractivity (Wildman–Crippen MR) is 139 cm³/mol. The molecule has 5 aromatic rings. The molecule has 0 radical (unpaired) electrons. The van der Waals surface area contributed by atoms with Crippen molar-refractivity contribution < 1.29 is 17.6 Å². The first-order valence-corrected chi connectivity index (χ1v) is 13.1. The van der Waals surface area contributed by atoms with Gasteiger partial charge in [-0.25, -0.2) is 17.9 Å². The predicted octanol–water partition coefficient (Wildman–Crippen LogP) is 4.38. The van der Waals surface area contributed by atoms with Crippen molar-refractivity contribution in [3.63, 3.8) is 0 Å². The number of fused-ring (bicyclic) bond motifs is 2. The van der Waals surface area contributed by atoms with Crippen LogP contribution in [0.25, 0.3) is 21.8 Å². The number of carbonyl (C=O) groups excluding carboxylic acids is 1. The van der Waals surface area contributed by atoms with Gasteiger partial charge in [-0.15, -0.1) is 0 Å². The summed E-state index contributed by atoms with van der Waals surface area (Å²) in [5.74, 6) is -0.905. The van der Waals surface area contributed by atoms with Crippen LogP contribution in [0.3, 0.4) is 0 Å². The lowest BCUT2D eigenvalue weighted by molar-refractivity contribution is 0.0950. The Hall–Kier alpha value is -3.86. The van der Waals surface area contributed by atoms with E-state index >= 15 is 0 Å². The van der Waals surface area contributed by atoms with Crippen molar-refractivity contribution in [2.75, 3.05) is 0 Å². The highest BCUT2D eigenvalue weighted by Crippen LogP contribution is 2.28. The van der Waals surface area contributed by atoms with Crippen molar-refractivity contribution in [2.24, 2.45) is 5.14 Å². The fourth-order valence-corrected chi connectivity index (χ4v) is 5.23. The van der Waals surface area contributed by atoms with Gasteiger partial charge in [0.2, 0.25) is 10.0 Å². The Morgan fingerprint density at radius 1 is 1.16 bits per heavy atom. The van der Waals surface area contributed by atoms with Gasteiger partial charge in [0.1, 0.15) is 10.7 Å². The van der Waals surface area contributed by atoms with Gasteiger partial charge in [-0.2, -0.15) is 0 Å². The van der Waals surface area contributed by atoms with Crippen LogP contribution < -0.4 is 10.5 Å². The van der Waals surface area contributed by atoms with E-state index in [1.807, 2.05) is 19.1 Å². The van der Waals surface area contributed by atoms with Gasteiger partial charge in [-0.3, -0.25) is 14.8 Å². The largest absolute Gasteiger partial charge is 0.360 e. The number of aromatic nitrogens is 3. The molecule has 3 heterocycles. The number of nitrogens with zero attached hydrogens (tertiary/aromatic N) is 2. The highest BCUT2D eigenvalue weighted by molar-refractivity contribution is 7.89. The van der Waals surface area contributed by atoms with Crippen molar-refractivity contribution in [3.8, 4) is 0 Å². The molecule has 188 valence electrons. The first-order valence-electron chi connectivity index (χ1n) is 11.2. The van der Waals surface area contributed by atoms with E-state index in [4.69, 9.17) is 16.7 Å². The molecule has 0 aliphatic heterocycles. The second kappa shape index (κ2) is 9.55. The van der Waals surface area contributed by atoms with Crippen LogP contribution >= 0.6 is 11.6 Å². The SMILES string of the molecule is Cc1cnc2c(S(N)(=O)=O)cc(Cc3cc(C(=O)NCc4ccc5[nH]cc(Cl)c5c4F)ccn3)cc2c1. The van der Waals surface area contributed by atoms with Crippen molar-refractivity contribution >= 4 is 49.3 Å². The number of aryl methyl sites for hydroxylation is 1. The number of benzene rings is 2. The monoisotopic (exact) mass is 537 g/mol. The number of sulfonamides is 1. The zero-order valence-corrected chi connectivity index (χ0v) is 21.1. The lowest BCUT2D eigenvalue weighted by atomic mass is 10.0. The summed E-state index contributed by atoms with van der Waals surface area (Å²) in [7, 11) is -4.02. The molecule has 0 saturated carbocycles. The van der Waals surface area contributed by atoms with E-state index < -0.39 is 21.7 Å². The Balaban J connectivity index is 1.38. The molecular weight excluding hydrogens is 517 g/mol. The van der Waals surface area contributed by atoms with E-state index in [1.54, 1.807) is 30.5 Å². The van der Waals surface area contributed by atoms with E-state index in [1.165, 1.54) is 18.5 Å². The van der Waals surface area contributed by atoms with Gasteiger partial charge in [0.05, 0.1) is 15.9 Å². The molecular formula is C26H21ClFN5O3S. The number of hydrogen-bond acceptors (Lipinski definition) is 5. The molecule has 37 heavy (non-hydrogen) atoms. The Labute approximate surface area is 216 Å². The number of H-pyrrole nitrogens is 1. The van der Waals surface area contributed by atoms with E-state index in [9.17, 15) is 17.6 Å². The lowest BCUT2D eigenvalue weighted by Crippen LogP contribution is -2.23. The minimum absolute atomic E-state index is 0.0332. The average Bonchev–Trinajstić information content (AvgIpc) is 3.23. The third kappa shape index (κ3) is 5.04. The van der Waals surface area contributed by atoms with Crippen LogP contribution in [-0.4, -0.2) is 29.3 Å². The Morgan fingerprint density at radius 2 is 1.97 bits per heavy atom. The highest BCUT2D eigenvalue weighted by atomic mass is 35.5. The molecule has 11 heteroatoms. The van der Waals surface area contributed by atoms with Gasteiger partial charge in [-0.1, -0.05) is 17.7 Å². The number of rotatable bonds is 6. The topological polar surface area (TPSA) is 131 Å². The zero-order chi connectivity index (χ0) is 26.3. The number of nitrogens with one attached hydrogen (secondary N) is 2. The van der Waals surface area contributed by atoms with Gasteiger partial charge in [0, 0.05) is 59.3 Å². The summed E-state index contributed by atoms with van der Waals surface area (Å²) in [6, 6.07) is 11.6. The summed E-state index contributed by atoms with van der Waals surface area (Å²) in [5, 5.41) is 9.34. The van der Waals surface area contributed by atoms with Crippen molar-refractivity contribution in [1.82, 2.24) is 20.3 Å². The van der Waals surface area contributed by atoms with Gasteiger partial charge in [0.15, 0.2) is 0 Å². The van der Waals surface area contributed by atoms with Gasteiger partial charge in [0.25, 0.3) is 5.91 Å². The molecule has 8 nitrogen and oxygen atoms in total. The van der Waals surface area contributed by atoms with Gasteiger partial charge < -0.3 is 10.3 Å². The summed E-state index contributed by atoms with van der Waals surface area (Å²) >= 11 is 6.06. The zero-order valence-electron chi connectivity index (χ0n) is 19.5. The molecule has 1 amide bonds. The number of halogens is 2. The number of pyridine rings is 2. The Bertz CT molecular complexity index is 1800. The van der Waals surface area contributed by atoms with Crippen LogP contribution in [0.4, 0.5) is 4.39 Å². The van der Waals surface area contributed by atoms with Gasteiger partial charge in [-0.05, 0) is 54.4 Å². The summed E-state index contributed by atoms with van der Waals surface area (Å²) in [4.78, 5) is 24.2. The quantitative estimate of drug-likeness (QED) is 0.296. The van der Waals surface area contributed by atoms with E-state index in [2.05, 4.69) is 20.3 Å². The number of aromatic amines is 1. The standard InChI is InChI=1S/C26H21ClFN5O3S/c1-14-6-18-7-15(9-22(37(29,35)36)25(18)32-11-14)8-19-10-16(4-5-30-19)26(34)33-12-17-2-3-21-23(24(17)28)20(27)13-31-21/h2-7,9-11,13,31H,8,12H2,1H3,(H,33,34)(H2,29,35,36). The molecule has 0 atom stereocenters. The molecule has 0 aliphatic rings. The molecule has 4 N–H and O–H groups in total. The second-order valence-corrected chi connectivity index (χ2v) is 10.7. The number of primary sulfonamides is 1. The molecule has 0 unspecified atom stereocenters. The van der Waals surface area contributed by atoms with Crippen molar-refractivity contribution in [2.45, 2.75) is 24.8 Å². The van der Waals surface area contributed by atoms with Crippen LogP contribution in [0.1, 0.15) is 32.7 Å². The van der Waals surface area contributed by atoms with Crippen LogP contribution in [0.5, 0.6) is 0 Å². The van der Waals surface area contributed by atoms with Crippen molar-refractivity contribution in [1.29, 1.82) is 0 Å². The first kappa shape index (κ1) is 24.8. The molecule has 0 bridgehead atoms. The van der Waals surface area contributed by atoms with Crippen LogP contribution in [-0.2, 0) is 23.0 Å². The maximum atomic E-state index is 14.9. The molecule has 0 spiro atoms. The minimum Gasteiger partial charge on any atom is -0.360 e. The third-order valence-electron chi connectivity index (χ3n) is 5.97. The number of nitrogens with two attached hydrogens (primary N) is 1. The molecule has 3 aromatic heterocycles. The summed E-state index contributed by atoms with van der Waals surface area (Å²) in [6.07, 6.45) is 4.83. The third-order valence-corrected chi connectivity index (χ3v) is 7.19. The van der Waals surface area contributed by atoms with E-state index in [-0.39, 0.29) is 28.3 Å². The van der Waals surface area contributed by atoms with Crippen LogP contribution in [0.2, 0.25) is 5.02 Å². The van der Waals surface area contributed by atoms with Gasteiger partial charge >= 0.3 is 0 Å². The molecule has 5 rings (SSSR count). The molecule has 2 aromatic carbocycles. The maximum Gasteiger partial charge on any atom is 0.251 e. The molecule has 0 saturated heterocycles. The van der Waals surface area contributed by atoms with E-state index in [0.717, 1.165) is 5.56 Å². The summed E-state index contributed by atoms with van der Waals surface area (Å²) in [5.41, 5.74) is 3.55. The second-order valence-electron chi connectivity index (χ2n) is 8.72. The Morgan fingerprint density at radius 3 is 2.76 bits per heavy atom. The normalized spacial score (nSPS) is 11.8.